The standard InChI is InChI=1S/C30H33N3O4.C22H25N3O4/c1-19(21-9-7-6-8-10-21)33-17-24(16-29(33)34)20(2)37-28-15-23(13-25-30(28)32(3)18-31-25)22-11-12-26(35-4)27(14-22)36-5;1-13(16-10-21(26)23-11-16)29-20-9-15(7-17-22(20)25(2)12-24-17)14-5-6-18(27-3)19(8-14)28-4/h6-15,18-20,24H,16-17H2,1-5H3;5-9,12-13,16H,10-11H2,1-4H3,(H,23,26)/t19-,20-,24-;13-,16-/m11/s1. The van der Waals surface area contributed by atoms with E-state index in [1.807, 2.05) is 108 Å². The second-order valence-electron chi connectivity index (χ2n) is 17.0. The molecule has 2 aliphatic rings. The monoisotopic (exact) mass is 894 g/mol. The van der Waals surface area contributed by atoms with Crippen LogP contribution in [0.2, 0.25) is 0 Å². The fourth-order valence-corrected chi connectivity index (χ4v) is 8.96. The minimum atomic E-state index is -0.157. The Morgan fingerprint density at radius 3 is 1.53 bits per heavy atom. The van der Waals surface area contributed by atoms with E-state index < -0.39 is 0 Å². The van der Waals surface area contributed by atoms with Crippen LogP contribution >= 0.6 is 0 Å². The maximum absolute atomic E-state index is 13.0. The summed E-state index contributed by atoms with van der Waals surface area (Å²) in [7, 11) is 10.4. The maximum Gasteiger partial charge on any atom is 0.223 e. The predicted octanol–water partition coefficient (Wildman–Crippen LogP) is 8.80. The lowest BCUT2D eigenvalue weighted by Crippen LogP contribution is -2.31. The molecule has 2 fully saturated rings. The van der Waals surface area contributed by atoms with Gasteiger partial charge in [0.25, 0.3) is 0 Å². The molecular weight excluding hydrogens is 837 g/mol. The van der Waals surface area contributed by atoms with E-state index in [2.05, 4.69) is 47.3 Å². The Labute approximate surface area is 385 Å². The number of aryl methyl sites for hydroxylation is 2. The van der Waals surface area contributed by atoms with Crippen LogP contribution in [0.15, 0.2) is 104 Å². The third-order valence-corrected chi connectivity index (χ3v) is 12.9. The van der Waals surface area contributed by atoms with Gasteiger partial charge in [-0.25, -0.2) is 9.97 Å². The van der Waals surface area contributed by atoms with Gasteiger partial charge in [0.1, 0.15) is 34.7 Å². The van der Waals surface area contributed by atoms with E-state index >= 15 is 0 Å². The van der Waals surface area contributed by atoms with Crippen molar-refractivity contribution in [3.63, 3.8) is 0 Å². The third-order valence-electron chi connectivity index (χ3n) is 12.9. The average Bonchev–Trinajstić information content (AvgIpc) is 4.15. The van der Waals surface area contributed by atoms with Gasteiger partial charge in [0.05, 0.1) is 58.2 Å². The molecule has 0 bridgehead atoms. The number of benzene rings is 5. The van der Waals surface area contributed by atoms with Gasteiger partial charge in [-0.3, -0.25) is 9.59 Å². The molecule has 2 saturated heterocycles. The molecule has 0 unspecified atom stereocenters. The fraction of sp³-hybridized carbons (Fsp3) is 0.346. The SMILES string of the molecule is COc1ccc(-c2cc(O[C@H](C)[C@@H]3CC(=O)N([C@H](C)c4ccccc4)C3)c3c(c2)ncn3C)cc1OC.COc1ccc(-c2cc(O[C@H](C)[C@H]3CNC(=O)C3)c3c(c2)ncn3C)cc1OC. The first-order valence-electron chi connectivity index (χ1n) is 22.2. The number of aromatic nitrogens is 4. The van der Waals surface area contributed by atoms with Crippen molar-refractivity contribution in [1.29, 1.82) is 0 Å². The van der Waals surface area contributed by atoms with E-state index in [0.717, 1.165) is 61.4 Å². The van der Waals surface area contributed by atoms with E-state index in [9.17, 15) is 9.59 Å². The van der Waals surface area contributed by atoms with Crippen LogP contribution in [-0.2, 0) is 23.7 Å². The number of likely N-dealkylation sites (tertiary alicyclic amines) is 1. The lowest BCUT2D eigenvalue weighted by atomic mass is 10.0. The van der Waals surface area contributed by atoms with Gasteiger partial charge in [0.2, 0.25) is 11.8 Å². The van der Waals surface area contributed by atoms with Crippen molar-refractivity contribution in [1.82, 2.24) is 29.3 Å². The van der Waals surface area contributed by atoms with Crippen molar-refractivity contribution in [2.24, 2.45) is 25.9 Å². The largest absolute Gasteiger partial charge is 0.493 e. The number of methoxy groups -OCH3 is 4. The molecule has 7 aromatic rings. The van der Waals surface area contributed by atoms with Crippen LogP contribution in [-0.4, -0.2) is 89.6 Å². The molecule has 2 aliphatic heterocycles. The number of hydrogen-bond donors (Lipinski definition) is 1. The zero-order chi connectivity index (χ0) is 46.6. The zero-order valence-electron chi connectivity index (χ0n) is 39.0. The number of hydrogen-bond acceptors (Lipinski definition) is 10. The summed E-state index contributed by atoms with van der Waals surface area (Å²) in [6.45, 7) is 7.47. The number of rotatable bonds is 14. The first-order chi connectivity index (χ1) is 31.9. The quantitative estimate of drug-likeness (QED) is 0.113. The Kier molecular flexibility index (Phi) is 13.4. The fourth-order valence-electron chi connectivity index (χ4n) is 8.96. The first kappa shape index (κ1) is 45.4. The number of nitrogens with zero attached hydrogens (tertiary/aromatic N) is 5. The van der Waals surface area contributed by atoms with Crippen LogP contribution in [0, 0.1) is 11.8 Å². The van der Waals surface area contributed by atoms with Gasteiger partial charge in [0, 0.05) is 51.9 Å². The number of amides is 2. The predicted molar refractivity (Wildman–Crippen MR) is 254 cm³/mol. The second-order valence-corrected chi connectivity index (χ2v) is 17.0. The number of fused-ring (bicyclic) bond motifs is 2. The molecule has 5 atom stereocenters. The summed E-state index contributed by atoms with van der Waals surface area (Å²) in [6, 6.07) is 30.0. The van der Waals surface area contributed by atoms with Gasteiger partial charge < -0.3 is 47.8 Å². The lowest BCUT2D eigenvalue weighted by Gasteiger charge is -2.27. The minimum Gasteiger partial charge on any atom is -0.493 e. The number of carbonyl (C=O) groups is 2. The molecule has 0 saturated carbocycles. The van der Waals surface area contributed by atoms with Crippen molar-refractivity contribution in [2.75, 3.05) is 41.5 Å². The third kappa shape index (κ3) is 9.31. The van der Waals surface area contributed by atoms with Crippen LogP contribution in [0.3, 0.4) is 0 Å². The van der Waals surface area contributed by atoms with E-state index in [1.54, 1.807) is 41.1 Å². The topological polar surface area (TPSA) is 140 Å². The second kappa shape index (κ2) is 19.5. The summed E-state index contributed by atoms with van der Waals surface area (Å²) < 4.78 is 38.6. The van der Waals surface area contributed by atoms with Crippen LogP contribution in [0.4, 0.5) is 0 Å². The zero-order valence-corrected chi connectivity index (χ0v) is 39.0. The van der Waals surface area contributed by atoms with E-state index in [4.69, 9.17) is 28.4 Å². The van der Waals surface area contributed by atoms with Gasteiger partial charge >= 0.3 is 0 Å². The van der Waals surface area contributed by atoms with E-state index in [1.165, 1.54) is 0 Å². The van der Waals surface area contributed by atoms with Gasteiger partial charge in [-0.05, 0) is 97.1 Å². The normalized spacial score (nSPS) is 17.2. The molecular formula is C52H58N6O8. The highest BCUT2D eigenvalue weighted by molar-refractivity contribution is 5.89. The molecule has 2 aromatic heterocycles. The summed E-state index contributed by atoms with van der Waals surface area (Å²) in [6.07, 6.45) is 4.28. The number of carbonyl (C=O) groups excluding carboxylic acids is 2. The van der Waals surface area contributed by atoms with Crippen LogP contribution < -0.4 is 33.7 Å². The van der Waals surface area contributed by atoms with Crippen LogP contribution in [0.1, 0.15) is 45.2 Å². The molecule has 14 nitrogen and oxygen atoms in total. The summed E-state index contributed by atoms with van der Waals surface area (Å²) >= 11 is 0. The molecule has 4 heterocycles. The Bertz CT molecular complexity index is 2860. The average molecular weight is 895 g/mol. The highest BCUT2D eigenvalue weighted by Crippen LogP contribution is 2.40. The van der Waals surface area contributed by atoms with Crippen molar-refractivity contribution >= 4 is 33.9 Å². The highest BCUT2D eigenvalue weighted by Gasteiger charge is 2.37. The Morgan fingerprint density at radius 1 is 0.576 bits per heavy atom. The van der Waals surface area contributed by atoms with Crippen LogP contribution in [0.5, 0.6) is 34.5 Å². The first-order valence-corrected chi connectivity index (χ1v) is 22.2. The smallest absolute Gasteiger partial charge is 0.223 e. The van der Waals surface area contributed by atoms with Gasteiger partial charge in [0.15, 0.2) is 23.0 Å². The molecule has 2 amide bonds. The molecule has 9 rings (SSSR count). The maximum atomic E-state index is 13.0. The minimum absolute atomic E-state index is 0.0306. The Balaban J connectivity index is 0.000000185. The number of imidazole rings is 2. The Hall–Kier alpha value is -7.22. The van der Waals surface area contributed by atoms with Gasteiger partial charge in [-0.2, -0.15) is 0 Å². The Morgan fingerprint density at radius 2 is 1.06 bits per heavy atom. The molecule has 0 spiro atoms. The molecule has 344 valence electrons. The van der Waals surface area contributed by atoms with Gasteiger partial charge in [-0.1, -0.05) is 42.5 Å². The molecule has 66 heavy (non-hydrogen) atoms. The number of ether oxygens (including phenoxy) is 6. The highest BCUT2D eigenvalue weighted by atomic mass is 16.5. The summed E-state index contributed by atoms with van der Waals surface area (Å²) in [5, 5.41) is 2.88. The van der Waals surface area contributed by atoms with Crippen molar-refractivity contribution in [3.05, 3.63) is 109 Å². The number of nitrogens with one attached hydrogen (secondary N) is 1. The lowest BCUT2D eigenvalue weighted by molar-refractivity contribution is -0.129. The van der Waals surface area contributed by atoms with Crippen molar-refractivity contribution in [2.45, 2.75) is 51.9 Å². The van der Waals surface area contributed by atoms with Crippen LogP contribution in [0.25, 0.3) is 44.3 Å². The summed E-state index contributed by atoms with van der Waals surface area (Å²) in [5.74, 6) is 4.66. The van der Waals surface area contributed by atoms with Crippen molar-refractivity contribution in [3.8, 4) is 56.8 Å². The molecule has 0 radical (unpaired) electrons. The summed E-state index contributed by atoms with van der Waals surface area (Å²) in [5.41, 5.74) is 8.59. The van der Waals surface area contributed by atoms with Gasteiger partial charge in [-0.15, -0.1) is 0 Å². The van der Waals surface area contributed by atoms with E-state index in [-0.39, 0.29) is 41.9 Å². The molecule has 14 heteroatoms. The molecule has 0 aliphatic carbocycles. The van der Waals surface area contributed by atoms with E-state index in [0.29, 0.717) is 48.9 Å². The molecule has 1 N–H and O–H groups in total. The van der Waals surface area contributed by atoms with Crippen molar-refractivity contribution < 1.29 is 38.0 Å². The molecule has 5 aromatic carbocycles. The summed E-state index contributed by atoms with van der Waals surface area (Å²) in [4.78, 5) is 35.6.